The number of halogens is 1. The van der Waals surface area contributed by atoms with Crippen molar-refractivity contribution in [1.82, 2.24) is 9.78 Å². The predicted octanol–water partition coefficient (Wildman–Crippen LogP) is 5.22. The Balaban J connectivity index is 1.54. The van der Waals surface area contributed by atoms with Crippen LogP contribution in [0.1, 0.15) is 28.9 Å². The van der Waals surface area contributed by atoms with E-state index < -0.39 is 17.8 Å². The highest BCUT2D eigenvalue weighted by Gasteiger charge is 2.35. The number of carbonyl (C=O) groups excluding carboxylic acids is 2. The van der Waals surface area contributed by atoms with Crippen molar-refractivity contribution in [3.8, 4) is 11.5 Å². The number of hydrogen-bond acceptors (Lipinski definition) is 6. The third-order valence-corrected chi connectivity index (χ3v) is 6.40. The van der Waals surface area contributed by atoms with E-state index in [1.165, 1.54) is 37.6 Å². The second-order valence-corrected chi connectivity index (χ2v) is 8.81. The number of carbonyl (C=O) groups is 2. The highest BCUT2D eigenvalue weighted by Crippen LogP contribution is 2.39. The summed E-state index contributed by atoms with van der Waals surface area (Å²) in [4.78, 5) is 26.9. The molecule has 3 N–H and O–H groups in total. The van der Waals surface area contributed by atoms with E-state index in [0.29, 0.717) is 40.0 Å². The third-order valence-electron chi connectivity index (χ3n) is 6.40. The molecule has 1 aliphatic rings. The van der Waals surface area contributed by atoms with Gasteiger partial charge in [-0.1, -0.05) is 24.3 Å². The topological polar surface area (TPSA) is 107 Å². The number of anilines is 3. The van der Waals surface area contributed by atoms with E-state index in [-0.39, 0.29) is 11.5 Å². The number of allylic oxidation sites excluding steroid dienone is 1. The number of nitrogens with zero attached hydrogens (tertiary/aromatic N) is 2. The summed E-state index contributed by atoms with van der Waals surface area (Å²) in [7, 11) is 3.11. The van der Waals surface area contributed by atoms with Gasteiger partial charge in [-0.25, -0.2) is 9.07 Å². The second-order valence-electron chi connectivity index (χ2n) is 8.81. The lowest BCUT2D eigenvalue weighted by Gasteiger charge is -2.30. The number of ether oxygens (including phenoxy) is 2. The molecule has 0 radical (unpaired) electrons. The van der Waals surface area contributed by atoms with Gasteiger partial charge in [0.15, 0.2) is 0 Å². The molecule has 39 heavy (non-hydrogen) atoms. The molecule has 10 heteroatoms. The third kappa shape index (κ3) is 5.04. The molecule has 2 heterocycles. The monoisotopic (exact) mass is 527 g/mol. The SMILES string of the molecule is COc1ccc(C2C(C(=O)Nc3ccccc3OC)=C(C)Nc3c(C(=O)Nc4ccc(F)cc4)cnn32)cc1. The smallest absolute Gasteiger partial charge is 0.261 e. The van der Waals surface area contributed by atoms with Crippen molar-refractivity contribution in [1.29, 1.82) is 0 Å². The van der Waals surface area contributed by atoms with E-state index in [1.807, 2.05) is 18.2 Å². The lowest BCUT2D eigenvalue weighted by molar-refractivity contribution is -0.113. The van der Waals surface area contributed by atoms with Crippen LogP contribution in [0.4, 0.5) is 21.6 Å². The van der Waals surface area contributed by atoms with E-state index in [1.54, 1.807) is 49.0 Å². The Morgan fingerprint density at radius 1 is 0.923 bits per heavy atom. The normalized spacial score (nSPS) is 14.2. The van der Waals surface area contributed by atoms with Crippen LogP contribution in [0.15, 0.2) is 90.3 Å². The van der Waals surface area contributed by atoms with Gasteiger partial charge in [0.2, 0.25) is 0 Å². The molecule has 0 saturated carbocycles. The van der Waals surface area contributed by atoms with Crippen LogP contribution in [0.2, 0.25) is 0 Å². The molecule has 9 nitrogen and oxygen atoms in total. The summed E-state index contributed by atoms with van der Waals surface area (Å²) in [5, 5.41) is 13.4. The van der Waals surface area contributed by atoms with Gasteiger partial charge in [-0.3, -0.25) is 9.59 Å². The van der Waals surface area contributed by atoms with Crippen LogP contribution in [-0.4, -0.2) is 35.8 Å². The van der Waals surface area contributed by atoms with Crippen molar-refractivity contribution in [2.75, 3.05) is 30.2 Å². The largest absolute Gasteiger partial charge is 0.497 e. The predicted molar refractivity (Wildman–Crippen MR) is 146 cm³/mol. The van der Waals surface area contributed by atoms with Gasteiger partial charge in [-0.15, -0.1) is 0 Å². The van der Waals surface area contributed by atoms with Crippen molar-refractivity contribution >= 4 is 29.0 Å². The van der Waals surface area contributed by atoms with E-state index in [0.717, 1.165) is 5.56 Å². The number of hydrogen-bond donors (Lipinski definition) is 3. The minimum Gasteiger partial charge on any atom is -0.497 e. The fourth-order valence-electron chi connectivity index (χ4n) is 4.48. The lowest BCUT2D eigenvalue weighted by Crippen LogP contribution is -2.32. The zero-order valence-corrected chi connectivity index (χ0v) is 21.5. The van der Waals surface area contributed by atoms with Crippen molar-refractivity contribution < 1.29 is 23.5 Å². The van der Waals surface area contributed by atoms with Crippen molar-refractivity contribution in [2.24, 2.45) is 0 Å². The van der Waals surface area contributed by atoms with Crippen molar-refractivity contribution in [3.05, 3.63) is 107 Å². The summed E-state index contributed by atoms with van der Waals surface area (Å²) >= 11 is 0. The average Bonchev–Trinajstić information content (AvgIpc) is 3.37. The molecule has 0 saturated heterocycles. The molecule has 1 atom stereocenters. The maximum absolute atomic E-state index is 13.7. The van der Waals surface area contributed by atoms with E-state index >= 15 is 0 Å². The molecule has 4 aromatic rings. The standard InChI is InChI=1S/C29H26FN5O4/c1-17-25(29(37)34-23-6-4-5-7-24(23)39-3)26(18-8-14-21(38-2)15-9-18)35-27(32-17)22(16-31-35)28(36)33-20-12-10-19(30)11-13-20/h4-16,26,32H,1-3H3,(H,33,36)(H,34,37). The molecule has 0 spiro atoms. The maximum atomic E-state index is 13.7. The first-order valence-corrected chi connectivity index (χ1v) is 12.1. The van der Waals surface area contributed by atoms with Crippen LogP contribution in [0.5, 0.6) is 11.5 Å². The zero-order chi connectivity index (χ0) is 27.5. The Morgan fingerprint density at radius 3 is 2.33 bits per heavy atom. The van der Waals surface area contributed by atoms with Gasteiger partial charge < -0.3 is 25.4 Å². The van der Waals surface area contributed by atoms with Crippen LogP contribution in [-0.2, 0) is 4.79 Å². The Labute approximate surface area is 224 Å². The highest BCUT2D eigenvalue weighted by molar-refractivity contribution is 6.09. The summed E-state index contributed by atoms with van der Waals surface area (Å²) in [6.45, 7) is 1.77. The molecule has 1 aliphatic heterocycles. The quantitative estimate of drug-likeness (QED) is 0.304. The molecule has 2 amide bonds. The molecule has 198 valence electrons. The Bertz CT molecular complexity index is 1560. The van der Waals surface area contributed by atoms with Crippen LogP contribution in [0.25, 0.3) is 0 Å². The van der Waals surface area contributed by atoms with Crippen molar-refractivity contribution in [2.45, 2.75) is 13.0 Å². The Hall–Kier alpha value is -5.12. The molecule has 1 unspecified atom stereocenters. The second kappa shape index (κ2) is 10.7. The summed E-state index contributed by atoms with van der Waals surface area (Å²) in [5.41, 5.74) is 2.94. The van der Waals surface area contributed by atoms with Gasteiger partial charge in [0.05, 0.1) is 31.7 Å². The number of benzene rings is 3. The maximum Gasteiger partial charge on any atom is 0.261 e. The van der Waals surface area contributed by atoms with Crippen molar-refractivity contribution in [3.63, 3.8) is 0 Å². The minimum atomic E-state index is -0.658. The van der Waals surface area contributed by atoms with E-state index in [4.69, 9.17) is 9.47 Å². The number of methoxy groups -OCH3 is 2. The fourth-order valence-corrected chi connectivity index (χ4v) is 4.48. The number of fused-ring (bicyclic) bond motifs is 1. The zero-order valence-electron chi connectivity index (χ0n) is 21.5. The Kier molecular flexibility index (Phi) is 7.00. The van der Waals surface area contributed by atoms with Crippen LogP contribution < -0.4 is 25.4 Å². The molecule has 3 aromatic carbocycles. The molecule has 1 aromatic heterocycles. The lowest BCUT2D eigenvalue weighted by atomic mass is 9.94. The van der Waals surface area contributed by atoms with Gasteiger partial charge in [0.25, 0.3) is 11.8 Å². The Morgan fingerprint density at radius 2 is 1.64 bits per heavy atom. The number of rotatable bonds is 7. The number of nitrogens with one attached hydrogen (secondary N) is 3. The summed E-state index contributed by atoms with van der Waals surface area (Å²) in [6, 6.07) is 19.2. The highest BCUT2D eigenvalue weighted by atomic mass is 19.1. The van der Waals surface area contributed by atoms with E-state index in [2.05, 4.69) is 21.0 Å². The molecular weight excluding hydrogens is 501 g/mol. The summed E-state index contributed by atoms with van der Waals surface area (Å²) < 4.78 is 25.6. The number of aromatic nitrogens is 2. The van der Waals surface area contributed by atoms with Gasteiger partial charge in [0, 0.05) is 11.4 Å². The van der Waals surface area contributed by atoms with Crippen LogP contribution in [0, 0.1) is 5.82 Å². The average molecular weight is 528 g/mol. The van der Waals surface area contributed by atoms with Gasteiger partial charge in [-0.05, 0) is 61.0 Å². The number of amides is 2. The molecule has 0 aliphatic carbocycles. The van der Waals surface area contributed by atoms with Crippen LogP contribution in [0.3, 0.4) is 0 Å². The van der Waals surface area contributed by atoms with E-state index in [9.17, 15) is 14.0 Å². The molecule has 5 rings (SSSR count). The summed E-state index contributed by atoms with van der Waals surface area (Å²) in [5.74, 6) is 0.408. The molecule has 0 fully saturated rings. The summed E-state index contributed by atoms with van der Waals surface area (Å²) in [6.07, 6.45) is 1.44. The van der Waals surface area contributed by atoms with Gasteiger partial charge >= 0.3 is 0 Å². The first-order valence-electron chi connectivity index (χ1n) is 12.1. The fraction of sp³-hybridized carbons (Fsp3) is 0.138. The van der Waals surface area contributed by atoms with Gasteiger partial charge in [0.1, 0.15) is 34.7 Å². The first-order chi connectivity index (χ1) is 18.9. The van der Waals surface area contributed by atoms with Gasteiger partial charge in [-0.2, -0.15) is 5.10 Å². The van der Waals surface area contributed by atoms with Crippen LogP contribution >= 0.6 is 0 Å². The molecule has 0 bridgehead atoms. The first kappa shape index (κ1) is 25.5. The number of para-hydroxylation sites is 2. The minimum absolute atomic E-state index is 0.265. The molecular formula is C29H26FN5O4.